The number of carbonyl (C=O) groups is 2. The second-order valence-electron chi connectivity index (χ2n) is 11.5. The zero-order chi connectivity index (χ0) is 32.2. The van der Waals surface area contributed by atoms with Crippen LogP contribution in [-0.2, 0) is 4.79 Å². The number of fused-ring (bicyclic) bond motifs is 1. The molecule has 0 fully saturated rings. The molecule has 1 N–H and O–H groups in total. The van der Waals surface area contributed by atoms with Crippen molar-refractivity contribution in [2.45, 2.75) is 19.8 Å². The molecule has 1 heterocycles. The van der Waals surface area contributed by atoms with Crippen molar-refractivity contribution in [3.05, 3.63) is 145 Å². The predicted octanol–water partition coefficient (Wildman–Crippen LogP) is 8.30. The van der Waals surface area contributed by atoms with E-state index in [0.29, 0.717) is 16.4 Å². The van der Waals surface area contributed by atoms with E-state index in [9.17, 15) is 9.59 Å². The maximum atomic E-state index is 14.5. The number of Topliss-reactive ketones (excluding diaryl/α,β-unsaturated/α-hetero) is 1. The van der Waals surface area contributed by atoms with Crippen LogP contribution in [0.3, 0.4) is 0 Å². The van der Waals surface area contributed by atoms with Crippen molar-refractivity contribution in [1.29, 1.82) is 0 Å². The van der Waals surface area contributed by atoms with Crippen molar-refractivity contribution in [3.63, 3.8) is 0 Å². The quantitative estimate of drug-likeness (QED) is 0.112. The van der Waals surface area contributed by atoms with Crippen LogP contribution in [0.25, 0.3) is 10.2 Å². The standard InChI is InChI=1S/C38H34ClN2O3PS/c1-27(2)32-24-28(22-23-35(32)44-25-37(43)41-38-40-33-20-12-13-21-36(33)46-38)34(42)26-45(39,29-14-6-3-7-15-29,30-16-8-4-9-17-30)31-18-10-5-11-19-31/h3-24,27H,25-26H2,1-2H3,(H,40,41,43). The summed E-state index contributed by atoms with van der Waals surface area (Å²) in [6.07, 6.45) is 0.105. The molecule has 5 aromatic carbocycles. The van der Waals surface area contributed by atoms with Crippen molar-refractivity contribution in [3.8, 4) is 5.75 Å². The van der Waals surface area contributed by atoms with Gasteiger partial charge in [0.2, 0.25) is 0 Å². The molecular formula is C38H34ClN2O3PS. The molecule has 1 amide bonds. The Morgan fingerprint density at radius 2 is 1.33 bits per heavy atom. The maximum absolute atomic E-state index is 14.5. The Morgan fingerprint density at radius 1 is 0.783 bits per heavy atom. The summed E-state index contributed by atoms with van der Waals surface area (Å²) in [6.45, 7) is 3.89. The molecule has 0 spiro atoms. The first-order chi connectivity index (χ1) is 22.3. The van der Waals surface area contributed by atoms with Gasteiger partial charge in [-0.1, -0.05) is 12.1 Å². The number of hydrogen-bond acceptors (Lipinski definition) is 5. The third kappa shape index (κ3) is 6.09. The van der Waals surface area contributed by atoms with Crippen LogP contribution in [0, 0.1) is 0 Å². The van der Waals surface area contributed by atoms with Crippen LogP contribution in [0.5, 0.6) is 5.75 Å². The second kappa shape index (κ2) is 13.2. The van der Waals surface area contributed by atoms with Crippen molar-refractivity contribution < 1.29 is 14.3 Å². The summed E-state index contributed by atoms with van der Waals surface area (Å²) >= 11 is 9.58. The fourth-order valence-electron chi connectivity index (χ4n) is 5.83. The van der Waals surface area contributed by atoms with Crippen LogP contribution in [0.2, 0.25) is 0 Å². The summed E-state index contributed by atoms with van der Waals surface area (Å²) in [5.41, 5.74) is 2.23. The zero-order valence-corrected chi connectivity index (χ0v) is 28.1. The molecule has 0 saturated carbocycles. The molecule has 46 heavy (non-hydrogen) atoms. The number of thiazole rings is 1. The van der Waals surface area contributed by atoms with Crippen LogP contribution >= 0.6 is 28.5 Å². The van der Waals surface area contributed by atoms with Crippen LogP contribution in [-0.4, -0.2) is 29.4 Å². The number of amides is 1. The van der Waals surface area contributed by atoms with Gasteiger partial charge in [0.25, 0.3) is 0 Å². The van der Waals surface area contributed by atoms with Gasteiger partial charge < -0.3 is 0 Å². The van der Waals surface area contributed by atoms with Gasteiger partial charge >= 0.3 is 245 Å². The number of benzene rings is 5. The van der Waals surface area contributed by atoms with Crippen molar-refractivity contribution >= 4 is 71.5 Å². The van der Waals surface area contributed by atoms with E-state index in [1.807, 2.05) is 135 Å². The van der Waals surface area contributed by atoms with Crippen LogP contribution in [0.1, 0.15) is 35.7 Å². The van der Waals surface area contributed by atoms with Gasteiger partial charge in [-0.2, -0.15) is 0 Å². The topological polar surface area (TPSA) is 68.3 Å². The summed E-state index contributed by atoms with van der Waals surface area (Å²) in [4.78, 5) is 31.7. The Morgan fingerprint density at radius 3 is 1.87 bits per heavy atom. The molecule has 0 radical (unpaired) electrons. The summed E-state index contributed by atoms with van der Waals surface area (Å²) in [5, 5.41) is 6.16. The van der Waals surface area contributed by atoms with Gasteiger partial charge in [-0.25, -0.2) is 0 Å². The molecule has 0 bridgehead atoms. The average Bonchev–Trinajstić information content (AvgIpc) is 3.50. The first-order valence-electron chi connectivity index (χ1n) is 15.1. The number of rotatable bonds is 11. The molecule has 0 atom stereocenters. The fourth-order valence-corrected chi connectivity index (χ4v) is 12.6. The van der Waals surface area contributed by atoms with E-state index in [2.05, 4.69) is 10.3 Å². The Hall–Kier alpha value is -4.35. The number of aromatic nitrogens is 1. The van der Waals surface area contributed by atoms with Crippen LogP contribution in [0.4, 0.5) is 5.13 Å². The Balaban J connectivity index is 1.30. The van der Waals surface area contributed by atoms with E-state index in [1.165, 1.54) is 11.3 Å². The summed E-state index contributed by atoms with van der Waals surface area (Å²) in [7, 11) is 0. The smallest absolute Gasteiger partial charge is 0.0607 e. The molecule has 0 aliphatic carbocycles. The normalized spacial score (nSPS) is 12.4. The predicted molar refractivity (Wildman–Crippen MR) is 194 cm³/mol. The zero-order valence-electron chi connectivity index (χ0n) is 25.6. The van der Waals surface area contributed by atoms with Gasteiger partial charge in [-0.15, -0.1) is 0 Å². The molecule has 0 aliphatic rings. The fraction of sp³-hybridized carbons (Fsp3) is 0.132. The Labute approximate surface area is 278 Å². The third-order valence-electron chi connectivity index (χ3n) is 8.18. The van der Waals surface area contributed by atoms with Gasteiger partial charge in [-0.05, 0) is 12.1 Å². The van der Waals surface area contributed by atoms with Gasteiger partial charge in [0, 0.05) is 0 Å². The van der Waals surface area contributed by atoms with E-state index in [-0.39, 0.29) is 30.4 Å². The molecular weight excluding hydrogens is 631 g/mol. The minimum atomic E-state index is -3.80. The monoisotopic (exact) mass is 664 g/mol. The van der Waals surface area contributed by atoms with Gasteiger partial charge in [0.1, 0.15) is 0 Å². The number of halogens is 1. The average molecular weight is 665 g/mol. The van der Waals surface area contributed by atoms with Gasteiger partial charge in [0.05, 0.1) is 10.2 Å². The Kier molecular flexibility index (Phi) is 9.06. The van der Waals surface area contributed by atoms with Crippen molar-refractivity contribution in [1.82, 2.24) is 4.98 Å². The van der Waals surface area contributed by atoms with E-state index in [1.54, 1.807) is 12.1 Å². The number of carbonyl (C=O) groups excluding carboxylic acids is 2. The molecule has 232 valence electrons. The van der Waals surface area contributed by atoms with Crippen molar-refractivity contribution in [2.75, 3.05) is 18.1 Å². The Bertz CT molecular complexity index is 1870. The number of ketones is 1. The third-order valence-corrected chi connectivity index (χ3v) is 16.2. The summed E-state index contributed by atoms with van der Waals surface area (Å²) in [5.74, 6) is -3.57. The van der Waals surface area contributed by atoms with E-state index < -0.39 is 5.96 Å². The van der Waals surface area contributed by atoms with Crippen LogP contribution in [0.15, 0.2) is 133 Å². The molecule has 5 nitrogen and oxygen atoms in total. The molecule has 6 rings (SSSR count). The minimum Gasteiger partial charge on any atom is -0.0607 e. The summed E-state index contributed by atoms with van der Waals surface area (Å²) in [6, 6.07) is 43.1. The van der Waals surface area contributed by atoms with E-state index >= 15 is 0 Å². The number of nitrogens with one attached hydrogen (secondary N) is 1. The molecule has 1 aromatic heterocycles. The molecule has 0 saturated heterocycles. The number of nitrogens with zero attached hydrogens (tertiary/aromatic N) is 1. The summed E-state index contributed by atoms with van der Waals surface area (Å²) < 4.78 is 7.00. The van der Waals surface area contributed by atoms with Gasteiger partial charge in [0.15, 0.2) is 0 Å². The minimum absolute atomic E-state index is 0.0404. The van der Waals surface area contributed by atoms with E-state index in [0.717, 1.165) is 31.7 Å². The molecule has 0 aliphatic heterocycles. The molecule has 8 heteroatoms. The number of anilines is 1. The van der Waals surface area contributed by atoms with Crippen molar-refractivity contribution in [2.24, 2.45) is 0 Å². The van der Waals surface area contributed by atoms with Gasteiger partial charge in [-0.3, -0.25) is 0 Å². The second-order valence-corrected chi connectivity index (χ2v) is 19.0. The first kappa shape index (κ1) is 31.6. The number of ether oxygens (including phenoxy) is 1. The first-order valence-corrected chi connectivity index (χ1v) is 19.3. The number of hydrogen-bond donors (Lipinski definition) is 1. The van der Waals surface area contributed by atoms with E-state index in [4.69, 9.17) is 16.0 Å². The molecule has 6 aromatic rings. The molecule has 0 unspecified atom stereocenters. The SMILES string of the molecule is CC(C)c1cc(C(=O)CP(Cl)(c2ccccc2)(c2ccccc2)c2ccccc2)ccc1OCC(=O)Nc1nc2ccccc2s1. The van der Waals surface area contributed by atoms with Crippen LogP contribution < -0.4 is 26.0 Å². The number of para-hydroxylation sites is 1.